The van der Waals surface area contributed by atoms with Crippen molar-refractivity contribution in [2.24, 2.45) is 0 Å². The fraction of sp³-hybridized carbons (Fsp3) is 0.393. The number of hydrogen-bond donors (Lipinski definition) is 0. The fourth-order valence-corrected chi connectivity index (χ4v) is 5.24. The minimum absolute atomic E-state index is 0.185. The van der Waals surface area contributed by atoms with Gasteiger partial charge in [0.1, 0.15) is 17.3 Å². The van der Waals surface area contributed by atoms with Gasteiger partial charge in [0.2, 0.25) is 5.60 Å². The lowest BCUT2D eigenvalue weighted by molar-refractivity contribution is -0.149. The third-order valence-electron chi connectivity index (χ3n) is 7.21. The number of nitrogens with zero attached hydrogens (tertiary/aromatic N) is 5. The SMILES string of the molecule is COc1ccccc1N1CCN(C(=O)C2(Oc3ccc(C(F)(F)F)cc3)CCCN(c3cnccn3)C2)CC1. The summed E-state index contributed by atoms with van der Waals surface area (Å²) in [6.07, 6.45) is 1.40. The molecule has 0 spiro atoms. The number of carbonyl (C=O) groups is 1. The molecule has 2 aliphatic heterocycles. The van der Waals surface area contributed by atoms with Crippen molar-refractivity contribution in [2.75, 3.05) is 56.2 Å². The van der Waals surface area contributed by atoms with Crippen LogP contribution in [-0.4, -0.2) is 72.8 Å². The zero-order valence-corrected chi connectivity index (χ0v) is 21.6. The van der Waals surface area contributed by atoms with Gasteiger partial charge in [-0.3, -0.25) is 9.78 Å². The number of amides is 1. The number of benzene rings is 2. The number of piperidine rings is 1. The molecule has 5 rings (SSSR count). The van der Waals surface area contributed by atoms with E-state index in [4.69, 9.17) is 9.47 Å². The molecule has 0 bridgehead atoms. The highest BCUT2D eigenvalue weighted by Crippen LogP contribution is 2.35. The van der Waals surface area contributed by atoms with Gasteiger partial charge in [-0.1, -0.05) is 12.1 Å². The van der Waals surface area contributed by atoms with Crippen molar-refractivity contribution >= 4 is 17.4 Å². The molecule has 206 valence electrons. The summed E-state index contributed by atoms with van der Waals surface area (Å²) in [5, 5.41) is 0. The second kappa shape index (κ2) is 11.0. The van der Waals surface area contributed by atoms with E-state index in [-0.39, 0.29) is 18.2 Å². The summed E-state index contributed by atoms with van der Waals surface area (Å²) in [6.45, 7) is 3.02. The van der Waals surface area contributed by atoms with Crippen LogP contribution in [0.5, 0.6) is 11.5 Å². The Hall–Kier alpha value is -4.02. The summed E-state index contributed by atoms with van der Waals surface area (Å²) < 4.78 is 51.2. The number of halogens is 3. The molecule has 2 aliphatic rings. The molecule has 2 fully saturated rings. The Labute approximate surface area is 225 Å². The van der Waals surface area contributed by atoms with E-state index in [2.05, 4.69) is 14.9 Å². The monoisotopic (exact) mass is 541 g/mol. The molecule has 1 atom stereocenters. The first-order valence-corrected chi connectivity index (χ1v) is 12.8. The van der Waals surface area contributed by atoms with Crippen molar-refractivity contribution < 1.29 is 27.4 Å². The Morgan fingerprint density at radius 1 is 0.949 bits per heavy atom. The molecule has 2 saturated heterocycles. The second-order valence-corrected chi connectivity index (χ2v) is 9.66. The maximum Gasteiger partial charge on any atom is 0.416 e. The van der Waals surface area contributed by atoms with E-state index >= 15 is 0 Å². The summed E-state index contributed by atoms with van der Waals surface area (Å²) in [5.41, 5.74) is -1.09. The Kier molecular flexibility index (Phi) is 7.49. The zero-order valence-electron chi connectivity index (χ0n) is 21.6. The number of methoxy groups -OCH3 is 1. The van der Waals surface area contributed by atoms with E-state index in [0.29, 0.717) is 51.4 Å². The molecule has 1 aromatic heterocycles. The maximum atomic E-state index is 14.2. The van der Waals surface area contributed by atoms with Gasteiger partial charge in [0.05, 0.1) is 31.1 Å². The lowest BCUT2D eigenvalue weighted by Gasteiger charge is -2.46. The van der Waals surface area contributed by atoms with Crippen LogP contribution >= 0.6 is 0 Å². The van der Waals surface area contributed by atoms with Crippen LogP contribution in [-0.2, 0) is 11.0 Å². The minimum Gasteiger partial charge on any atom is -0.495 e. The lowest BCUT2D eigenvalue weighted by atomic mass is 9.90. The molecule has 0 radical (unpaired) electrons. The third kappa shape index (κ3) is 5.71. The smallest absolute Gasteiger partial charge is 0.416 e. The van der Waals surface area contributed by atoms with Crippen LogP contribution in [0, 0.1) is 0 Å². The number of hydrogen-bond acceptors (Lipinski definition) is 7. The maximum absolute atomic E-state index is 14.2. The molecule has 1 unspecified atom stereocenters. The van der Waals surface area contributed by atoms with E-state index in [1.165, 1.54) is 12.1 Å². The zero-order chi connectivity index (χ0) is 27.5. The van der Waals surface area contributed by atoms with Crippen molar-refractivity contribution in [3.05, 3.63) is 72.7 Å². The van der Waals surface area contributed by atoms with Gasteiger partial charge in [-0.25, -0.2) is 4.98 Å². The number of para-hydroxylation sites is 2. The third-order valence-corrected chi connectivity index (χ3v) is 7.21. The Balaban J connectivity index is 1.38. The molecular formula is C28H30F3N5O3. The van der Waals surface area contributed by atoms with Gasteiger partial charge in [0, 0.05) is 45.1 Å². The van der Waals surface area contributed by atoms with Gasteiger partial charge in [0.15, 0.2) is 0 Å². The van der Waals surface area contributed by atoms with Crippen LogP contribution in [0.4, 0.5) is 24.7 Å². The Bertz CT molecular complexity index is 1270. The molecule has 2 aromatic carbocycles. The standard InChI is InChI=1S/C28H30F3N5O3/c1-38-24-6-3-2-5-23(24)34-15-17-35(18-16-34)26(37)27(39-22-9-7-21(8-10-22)28(29,30)31)11-4-14-36(20-27)25-19-32-12-13-33-25/h2-3,5-10,12-13,19H,4,11,14-18,20H2,1H3. The largest absolute Gasteiger partial charge is 0.495 e. The summed E-state index contributed by atoms with van der Waals surface area (Å²) in [4.78, 5) is 28.6. The second-order valence-electron chi connectivity index (χ2n) is 9.66. The molecule has 0 aliphatic carbocycles. The van der Waals surface area contributed by atoms with Gasteiger partial charge in [-0.05, 0) is 49.2 Å². The highest BCUT2D eigenvalue weighted by Gasteiger charge is 2.48. The number of carbonyl (C=O) groups excluding carboxylic acids is 1. The van der Waals surface area contributed by atoms with Crippen molar-refractivity contribution in [3.63, 3.8) is 0 Å². The molecular weight excluding hydrogens is 511 g/mol. The van der Waals surface area contributed by atoms with Crippen LogP contribution < -0.4 is 19.3 Å². The number of anilines is 2. The first kappa shape index (κ1) is 26.6. The predicted octanol–water partition coefficient (Wildman–Crippen LogP) is 4.27. The van der Waals surface area contributed by atoms with Gasteiger partial charge in [0.25, 0.3) is 5.91 Å². The van der Waals surface area contributed by atoms with Crippen molar-refractivity contribution in [1.29, 1.82) is 0 Å². The summed E-state index contributed by atoms with van der Waals surface area (Å²) in [5.74, 6) is 1.42. The van der Waals surface area contributed by atoms with E-state index in [1.807, 2.05) is 29.2 Å². The van der Waals surface area contributed by atoms with Gasteiger partial charge in [-0.2, -0.15) is 13.2 Å². The summed E-state index contributed by atoms with van der Waals surface area (Å²) in [6, 6.07) is 12.3. The lowest BCUT2D eigenvalue weighted by Crippen LogP contribution is -2.64. The molecule has 8 nitrogen and oxygen atoms in total. The van der Waals surface area contributed by atoms with E-state index in [0.717, 1.165) is 23.6 Å². The first-order valence-electron chi connectivity index (χ1n) is 12.8. The Morgan fingerprint density at radius 3 is 2.36 bits per heavy atom. The highest BCUT2D eigenvalue weighted by atomic mass is 19.4. The Morgan fingerprint density at radius 2 is 1.69 bits per heavy atom. The quantitative estimate of drug-likeness (QED) is 0.462. The van der Waals surface area contributed by atoms with E-state index in [1.54, 1.807) is 30.6 Å². The fourth-order valence-electron chi connectivity index (χ4n) is 5.24. The van der Waals surface area contributed by atoms with Crippen LogP contribution in [0.1, 0.15) is 18.4 Å². The van der Waals surface area contributed by atoms with Crippen molar-refractivity contribution in [3.8, 4) is 11.5 Å². The van der Waals surface area contributed by atoms with E-state index in [9.17, 15) is 18.0 Å². The topological polar surface area (TPSA) is 71.0 Å². The molecule has 11 heteroatoms. The van der Waals surface area contributed by atoms with Crippen LogP contribution in [0.25, 0.3) is 0 Å². The number of ether oxygens (including phenoxy) is 2. The highest BCUT2D eigenvalue weighted by molar-refractivity contribution is 5.87. The average molecular weight is 542 g/mol. The minimum atomic E-state index is -4.46. The van der Waals surface area contributed by atoms with Crippen LogP contribution in [0.3, 0.4) is 0 Å². The van der Waals surface area contributed by atoms with E-state index < -0.39 is 17.3 Å². The number of piperazine rings is 1. The number of rotatable bonds is 6. The van der Waals surface area contributed by atoms with Gasteiger partial charge >= 0.3 is 6.18 Å². The summed E-state index contributed by atoms with van der Waals surface area (Å²) in [7, 11) is 1.63. The van der Waals surface area contributed by atoms with Crippen LogP contribution in [0.15, 0.2) is 67.1 Å². The van der Waals surface area contributed by atoms with Gasteiger partial charge < -0.3 is 24.2 Å². The van der Waals surface area contributed by atoms with Crippen molar-refractivity contribution in [1.82, 2.24) is 14.9 Å². The predicted molar refractivity (Wildman–Crippen MR) is 140 cm³/mol. The van der Waals surface area contributed by atoms with Gasteiger partial charge in [-0.15, -0.1) is 0 Å². The molecule has 39 heavy (non-hydrogen) atoms. The molecule has 3 heterocycles. The number of aromatic nitrogens is 2. The summed E-state index contributed by atoms with van der Waals surface area (Å²) >= 11 is 0. The molecule has 1 amide bonds. The van der Waals surface area contributed by atoms with Crippen molar-refractivity contribution in [2.45, 2.75) is 24.6 Å². The molecule has 0 saturated carbocycles. The number of alkyl halides is 3. The molecule has 3 aromatic rings. The first-order chi connectivity index (χ1) is 18.8. The normalized spacial score (nSPS) is 20.1. The molecule has 0 N–H and O–H groups in total. The van der Waals surface area contributed by atoms with Crippen LogP contribution in [0.2, 0.25) is 0 Å². The average Bonchev–Trinajstić information content (AvgIpc) is 2.97.